The standard InChI is InChI=1S/C11H10N2O3/c1-6-5-7-8(16-6)3-2-4-11(7)9(14)12-10(15)13-11/h2-6H,1H3,(H2,12,13,14,15). The summed E-state index contributed by atoms with van der Waals surface area (Å²) < 4.78 is 5.52. The fourth-order valence-corrected chi connectivity index (χ4v) is 2.21. The summed E-state index contributed by atoms with van der Waals surface area (Å²) in [6.45, 7) is 1.88. The molecule has 2 aliphatic heterocycles. The van der Waals surface area contributed by atoms with E-state index in [4.69, 9.17) is 4.74 Å². The van der Waals surface area contributed by atoms with Gasteiger partial charge in [-0.05, 0) is 25.2 Å². The Bertz CT molecular complexity index is 489. The molecule has 16 heavy (non-hydrogen) atoms. The van der Waals surface area contributed by atoms with E-state index >= 15 is 0 Å². The van der Waals surface area contributed by atoms with Crippen LogP contribution in [0.15, 0.2) is 35.6 Å². The van der Waals surface area contributed by atoms with Gasteiger partial charge in [-0.1, -0.05) is 6.08 Å². The van der Waals surface area contributed by atoms with E-state index in [0.29, 0.717) is 11.3 Å². The SMILES string of the molecule is CC1C=C2C(=CC=CC23NC(=O)NC3=O)O1. The number of fused-ring (bicyclic) bond motifs is 2. The molecular weight excluding hydrogens is 208 g/mol. The molecule has 0 radical (unpaired) electrons. The highest BCUT2D eigenvalue weighted by Crippen LogP contribution is 2.37. The second-order valence-electron chi connectivity index (χ2n) is 4.01. The van der Waals surface area contributed by atoms with Crippen molar-refractivity contribution in [2.45, 2.75) is 18.6 Å². The van der Waals surface area contributed by atoms with Gasteiger partial charge in [0.25, 0.3) is 5.91 Å². The normalized spacial score (nSPS) is 35.2. The molecule has 0 bridgehead atoms. The van der Waals surface area contributed by atoms with E-state index in [9.17, 15) is 9.59 Å². The van der Waals surface area contributed by atoms with Crippen molar-refractivity contribution in [1.29, 1.82) is 0 Å². The summed E-state index contributed by atoms with van der Waals surface area (Å²) in [4.78, 5) is 23.1. The highest BCUT2D eigenvalue weighted by molar-refractivity contribution is 6.11. The van der Waals surface area contributed by atoms with Crippen LogP contribution in [0, 0.1) is 0 Å². The van der Waals surface area contributed by atoms with Crippen LogP contribution in [0.1, 0.15) is 6.92 Å². The summed E-state index contributed by atoms with van der Waals surface area (Å²) in [5.41, 5.74) is -0.364. The van der Waals surface area contributed by atoms with Crippen LogP contribution in [0.3, 0.4) is 0 Å². The van der Waals surface area contributed by atoms with Crippen molar-refractivity contribution in [2.24, 2.45) is 0 Å². The van der Waals surface area contributed by atoms with Crippen molar-refractivity contribution >= 4 is 11.9 Å². The predicted molar refractivity (Wildman–Crippen MR) is 55.3 cm³/mol. The molecule has 0 aromatic carbocycles. The fourth-order valence-electron chi connectivity index (χ4n) is 2.21. The summed E-state index contributed by atoms with van der Waals surface area (Å²) in [7, 11) is 0. The Morgan fingerprint density at radius 2 is 2.25 bits per heavy atom. The lowest BCUT2D eigenvalue weighted by molar-refractivity contribution is -0.121. The van der Waals surface area contributed by atoms with Crippen LogP contribution in [0.5, 0.6) is 0 Å². The number of hydrogen-bond donors (Lipinski definition) is 2. The molecule has 0 aromatic heterocycles. The number of rotatable bonds is 0. The molecule has 3 amide bonds. The smallest absolute Gasteiger partial charge is 0.322 e. The third kappa shape index (κ3) is 0.997. The molecule has 2 unspecified atom stereocenters. The van der Waals surface area contributed by atoms with Crippen LogP contribution in [0.2, 0.25) is 0 Å². The average molecular weight is 218 g/mol. The zero-order valence-electron chi connectivity index (χ0n) is 8.61. The molecule has 2 atom stereocenters. The van der Waals surface area contributed by atoms with Crippen LogP contribution in [-0.2, 0) is 9.53 Å². The molecule has 1 saturated heterocycles. The van der Waals surface area contributed by atoms with Gasteiger partial charge in [-0.25, -0.2) is 4.79 Å². The van der Waals surface area contributed by atoms with Crippen molar-refractivity contribution in [3.63, 3.8) is 0 Å². The molecular formula is C11H10N2O3. The molecule has 3 aliphatic rings. The van der Waals surface area contributed by atoms with Crippen LogP contribution in [0.25, 0.3) is 0 Å². The van der Waals surface area contributed by atoms with Gasteiger partial charge < -0.3 is 10.1 Å². The molecule has 1 fully saturated rings. The van der Waals surface area contributed by atoms with Gasteiger partial charge in [0, 0.05) is 5.57 Å². The van der Waals surface area contributed by atoms with Crippen molar-refractivity contribution in [3.05, 3.63) is 35.6 Å². The summed E-state index contributed by atoms with van der Waals surface area (Å²) in [5, 5.41) is 4.88. The molecule has 5 nitrogen and oxygen atoms in total. The topological polar surface area (TPSA) is 67.4 Å². The van der Waals surface area contributed by atoms with Gasteiger partial charge in [0.1, 0.15) is 11.9 Å². The Balaban J connectivity index is 2.13. The van der Waals surface area contributed by atoms with Gasteiger partial charge >= 0.3 is 6.03 Å². The van der Waals surface area contributed by atoms with E-state index in [-0.39, 0.29) is 12.0 Å². The van der Waals surface area contributed by atoms with Crippen molar-refractivity contribution in [1.82, 2.24) is 10.6 Å². The van der Waals surface area contributed by atoms with E-state index in [1.54, 1.807) is 18.2 Å². The third-order valence-corrected chi connectivity index (χ3v) is 2.89. The second kappa shape index (κ2) is 2.75. The van der Waals surface area contributed by atoms with Crippen LogP contribution in [-0.4, -0.2) is 23.6 Å². The molecule has 1 spiro atoms. The molecule has 0 aromatic rings. The highest BCUT2D eigenvalue weighted by Gasteiger charge is 2.51. The number of allylic oxidation sites excluding steroid dienone is 2. The monoisotopic (exact) mass is 218 g/mol. The summed E-state index contributed by atoms with van der Waals surface area (Å²) >= 11 is 0. The lowest BCUT2D eigenvalue weighted by Crippen LogP contribution is -2.47. The fraction of sp³-hybridized carbons (Fsp3) is 0.273. The molecule has 82 valence electrons. The maximum atomic E-state index is 11.8. The highest BCUT2D eigenvalue weighted by atomic mass is 16.5. The number of carbonyl (C=O) groups is 2. The first-order valence-electron chi connectivity index (χ1n) is 5.04. The minimum Gasteiger partial charge on any atom is -0.486 e. The van der Waals surface area contributed by atoms with Crippen LogP contribution in [0.4, 0.5) is 4.79 Å². The maximum absolute atomic E-state index is 11.8. The van der Waals surface area contributed by atoms with Gasteiger partial charge in [-0.3, -0.25) is 10.1 Å². The van der Waals surface area contributed by atoms with Crippen molar-refractivity contribution in [3.8, 4) is 0 Å². The van der Waals surface area contributed by atoms with E-state index in [1.807, 2.05) is 13.0 Å². The van der Waals surface area contributed by atoms with E-state index < -0.39 is 11.6 Å². The number of ether oxygens (including phenoxy) is 1. The van der Waals surface area contributed by atoms with E-state index in [2.05, 4.69) is 10.6 Å². The second-order valence-corrected chi connectivity index (χ2v) is 4.01. The summed E-state index contributed by atoms with van der Waals surface area (Å²) in [5.74, 6) is 0.288. The molecule has 1 aliphatic carbocycles. The first-order chi connectivity index (χ1) is 7.62. The minimum absolute atomic E-state index is 0.0803. The Labute approximate surface area is 91.8 Å². The van der Waals surface area contributed by atoms with Crippen molar-refractivity contribution < 1.29 is 14.3 Å². The minimum atomic E-state index is -1.08. The Kier molecular flexibility index (Phi) is 1.58. The molecule has 2 N–H and O–H groups in total. The van der Waals surface area contributed by atoms with E-state index in [1.165, 1.54) is 0 Å². The molecule has 3 rings (SSSR count). The zero-order chi connectivity index (χ0) is 11.3. The number of carbonyl (C=O) groups excluding carboxylic acids is 2. The van der Waals surface area contributed by atoms with Gasteiger partial charge in [0.05, 0.1) is 0 Å². The Morgan fingerprint density at radius 3 is 2.94 bits per heavy atom. The van der Waals surface area contributed by atoms with Crippen molar-refractivity contribution in [2.75, 3.05) is 0 Å². The van der Waals surface area contributed by atoms with Gasteiger partial charge in [0.15, 0.2) is 5.54 Å². The number of amides is 3. The molecule has 5 heteroatoms. The Hall–Kier alpha value is -2.04. The third-order valence-electron chi connectivity index (χ3n) is 2.89. The van der Waals surface area contributed by atoms with Crippen LogP contribution >= 0.6 is 0 Å². The summed E-state index contributed by atoms with van der Waals surface area (Å²) in [6.07, 6.45) is 6.95. The largest absolute Gasteiger partial charge is 0.486 e. The number of imide groups is 1. The quantitative estimate of drug-likeness (QED) is 0.577. The summed E-state index contributed by atoms with van der Waals surface area (Å²) in [6, 6.07) is -0.476. The molecule has 2 heterocycles. The molecule has 0 saturated carbocycles. The Morgan fingerprint density at radius 1 is 1.44 bits per heavy atom. The number of nitrogens with one attached hydrogen (secondary N) is 2. The maximum Gasteiger partial charge on any atom is 0.322 e. The first-order valence-corrected chi connectivity index (χ1v) is 5.04. The first kappa shape index (κ1) is 9.21. The number of hydrogen-bond acceptors (Lipinski definition) is 3. The average Bonchev–Trinajstić information content (AvgIpc) is 2.70. The zero-order valence-corrected chi connectivity index (χ0v) is 8.61. The van der Waals surface area contributed by atoms with Crippen LogP contribution < -0.4 is 10.6 Å². The van der Waals surface area contributed by atoms with E-state index in [0.717, 1.165) is 0 Å². The lowest BCUT2D eigenvalue weighted by Gasteiger charge is -2.26. The lowest BCUT2D eigenvalue weighted by atomic mass is 9.85. The van der Waals surface area contributed by atoms with Gasteiger partial charge in [-0.15, -0.1) is 0 Å². The predicted octanol–water partition coefficient (Wildman–Crippen LogP) is 0.363. The van der Waals surface area contributed by atoms with Gasteiger partial charge in [-0.2, -0.15) is 0 Å². The van der Waals surface area contributed by atoms with Gasteiger partial charge in [0.2, 0.25) is 0 Å². The number of urea groups is 1.